The maximum absolute atomic E-state index is 9.37. The molecule has 0 unspecified atom stereocenters. The summed E-state index contributed by atoms with van der Waals surface area (Å²) in [7, 11) is 0. The van der Waals surface area contributed by atoms with Crippen LogP contribution >= 0.6 is 11.3 Å². The highest BCUT2D eigenvalue weighted by Crippen LogP contribution is 2.04. The summed E-state index contributed by atoms with van der Waals surface area (Å²) in [6.45, 7) is 1.66. The molecule has 0 aliphatic carbocycles. The van der Waals surface area contributed by atoms with Gasteiger partial charge in [0, 0.05) is 12.3 Å². The summed E-state index contributed by atoms with van der Waals surface area (Å²) in [5.41, 5.74) is -0.993. The molecule has 0 radical (unpaired) electrons. The summed E-state index contributed by atoms with van der Waals surface area (Å²) in [6, 6.07) is 0. The number of aromatic nitrogens is 1. The molecule has 1 atom stereocenters. The molecule has 0 aromatic carbocycles. The summed E-state index contributed by atoms with van der Waals surface area (Å²) >= 11 is 1.52. The van der Waals surface area contributed by atoms with Crippen LogP contribution in [0.4, 0.5) is 0 Å². The zero-order chi connectivity index (χ0) is 7.19. The van der Waals surface area contributed by atoms with Crippen molar-refractivity contribution in [3.63, 3.8) is 0 Å². The Hall–Kier alpha value is -0.740. The minimum absolute atomic E-state index is 0.852. The summed E-state index contributed by atoms with van der Waals surface area (Å²) < 4.78 is 1.82. The Labute approximate surface area is 61.6 Å². The molecule has 1 aliphatic rings. The first-order valence-corrected chi connectivity index (χ1v) is 3.85. The summed E-state index contributed by atoms with van der Waals surface area (Å²) in [6.07, 6.45) is 3.56. The lowest BCUT2D eigenvalue weighted by molar-refractivity contribution is -0.519. The van der Waals surface area contributed by atoms with Gasteiger partial charge in [-0.2, -0.15) is 4.24 Å². The molecule has 0 saturated heterocycles. The molecule has 1 aromatic rings. The average Bonchev–Trinajstić information content (AvgIpc) is 2.20. The van der Waals surface area contributed by atoms with Gasteiger partial charge < -0.3 is 5.11 Å². The molecule has 2 heterocycles. The molecule has 0 saturated carbocycles. The number of nitrogens with zero attached hydrogens (tertiary/aromatic N) is 2. The quantitative estimate of drug-likeness (QED) is 0.499. The Bertz CT molecular complexity index is 333. The maximum atomic E-state index is 9.37. The topological polar surface area (TPSA) is 38.5 Å². The molecule has 10 heavy (non-hydrogen) atoms. The normalized spacial score (nSPS) is 29.0. The Balaban J connectivity index is 2.80. The first-order valence-electron chi connectivity index (χ1n) is 2.97. The van der Waals surface area contributed by atoms with E-state index < -0.39 is 5.72 Å². The van der Waals surface area contributed by atoms with Crippen LogP contribution in [-0.4, -0.2) is 10.8 Å². The number of hydrogen-bond donors (Lipinski definition) is 1. The largest absolute Gasteiger partial charge is 0.384 e. The number of hydrogen-bond acceptors (Lipinski definition) is 3. The van der Waals surface area contributed by atoms with Crippen LogP contribution in [-0.2, 0) is 0 Å². The number of aliphatic hydroxyl groups is 1. The van der Waals surface area contributed by atoms with Gasteiger partial charge in [0.25, 0.3) is 0 Å². The van der Waals surface area contributed by atoms with Gasteiger partial charge >= 0.3 is 10.5 Å². The van der Waals surface area contributed by atoms with E-state index in [1.54, 1.807) is 13.1 Å². The molecular formula is C6H7N2OS+. The predicted octanol–water partition coefficient (Wildman–Crippen LogP) is -0.613. The van der Waals surface area contributed by atoms with Gasteiger partial charge in [0.15, 0.2) is 6.21 Å². The van der Waals surface area contributed by atoms with Gasteiger partial charge in [0.2, 0.25) is 0 Å². The molecule has 1 aromatic heterocycles. The first kappa shape index (κ1) is 6.00. The fraction of sp³-hybridized carbons (Fsp3) is 0.333. The molecule has 3 nitrogen and oxygen atoms in total. The Kier molecular flexibility index (Phi) is 0.988. The van der Waals surface area contributed by atoms with Gasteiger partial charge in [-0.15, -0.1) is 0 Å². The minimum atomic E-state index is -0.993. The lowest BCUT2D eigenvalue weighted by Gasteiger charge is -1.95. The van der Waals surface area contributed by atoms with Crippen molar-refractivity contribution in [2.75, 3.05) is 0 Å². The lowest BCUT2D eigenvalue weighted by atomic mass is 10.3. The van der Waals surface area contributed by atoms with E-state index in [4.69, 9.17) is 0 Å². The average molecular weight is 155 g/mol. The lowest BCUT2D eigenvalue weighted by Crippen LogP contribution is -2.28. The smallest absolute Gasteiger partial charge is 0.344 e. The zero-order valence-electron chi connectivity index (χ0n) is 5.48. The van der Waals surface area contributed by atoms with Crippen LogP contribution in [0.15, 0.2) is 16.6 Å². The van der Waals surface area contributed by atoms with Gasteiger partial charge in [0.1, 0.15) is 6.20 Å². The molecule has 0 spiro atoms. The SMILES string of the molecule is C[C@@]1(O)C=[n+]2ccsc2=N1. The van der Waals surface area contributed by atoms with Crippen LogP contribution in [0.25, 0.3) is 0 Å². The van der Waals surface area contributed by atoms with E-state index in [1.807, 2.05) is 15.8 Å². The predicted molar refractivity (Wildman–Crippen MR) is 36.0 cm³/mol. The highest BCUT2D eigenvalue weighted by Gasteiger charge is 2.30. The van der Waals surface area contributed by atoms with Crippen molar-refractivity contribution in [3.8, 4) is 0 Å². The van der Waals surface area contributed by atoms with Crippen LogP contribution in [0.3, 0.4) is 0 Å². The molecule has 2 rings (SSSR count). The third-order valence-electron chi connectivity index (χ3n) is 1.32. The second-order valence-corrected chi connectivity index (χ2v) is 3.30. The van der Waals surface area contributed by atoms with Gasteiger partial charge in [-0.3, -0.25) is 0 Å². The van der Waals surface area contributed by atoms with E-state index in [0.29, 0.717) is 0 Å². The van der Waals surface area contributed by atoms with E-state index in [2.05, 4.69) is 4.99 Å². The van der Waals surface area contributed by atoms with E-state index in [-0.39, 0.29) is 0 Å². The van der Waals surface area contributed by atoms with Crippen molar-refractivity contribution in [1.82, 2.24) is 0 Å². The van der Waals surface area contributed by atoms with Crippen LogP contribution in [0.2, 0.25) is 0 Å². The fourth-order valence-corrected chi connectivity index (χ4v) is 1.74. The number of fused-ring (bicyclic) bond motifs is 1. The van der Waals surface area contributed by atoms with Gasteiger partial charge in [-0.1, -0.05) is 11.3 Å². The van der Waals surface area contributed by atoms with Crippen molar-refractivity contribution in [1.29, 1.82) is 0 Å². The standard InChI is InChI=1S/C6H7N2OS/c1-6(9)4-8-2-3-10-5(8)7-6/h2-4,9H,1H3/q+1/t6-/m1/s1. The summed E-state index contributed by atoms with van der Waals surface area (Å²) in [5, 5.41) is 11.3. The van der Waals surface area contributed by atoms with E-state index in [1.165, 1.54) is 11.3 Å². The third-order valence-corrected chi connectivity index (χ3v) is 2.09. The highest BCUT2D eigenvalue weighted by atomic mass is 32.1. The first-order chi connectivity index (χ1) is 4.67. The monoisotopic (exact) mass is 155 g/mol. The van der Waals surface area contributed by atoms with E-state index in [9.17, 15) is 5.11 Å². The van der Waals surface area contributed by atoms with Gasteiger partial charge in [-0.25, -0.2) is 0 Å². The molecule has 4 heteroatoms. The van der Waals surface area contributed by atoms with Crippen LogP contribution in [0.1, 0.15) is 6.92 Å². The van der Waals surface area contributed by atoms with Crippen molar-refractivity contribution >= 4 is 11.3 Å². The Morgan fingerprint density at radius 3 is 3.30 bits per heavy atom. The zero-order valence-corrected chi connectivity index (χ0v) is 6.30. The molecule has 1 aliphatic heterocycles. The molecule has 0 fully saturated rings. The van der Waals surface area contributed by atoms with Crippen LogP contribution < -0.4 is 9.04 Å². The summed E-state index contributed by atoms with van der Waals surface area (Å²) in [5.74, 6) is 0. The number of thiazole rings is 1. The maximum Gasteiger partial charge on any atom is 0.384 e. The van der Waals surface area contributed by atoms with Crippen molar-refractivity contribution in [2.45, 2.75) is 12.6 Å². The molecule has 0 amide bonds. The molecular weight excluding hydrogens is 148 g/mol. The molecule has 52 valence electrons. The molecule has 0 bridgehead atoms. The second kappa shape index (κ2) is 1.65. The summed E-state index contributed by atoms with van der Waals surface area (Å²) in [4.78, 5) is 4.88. The van der Waals surface area contributed by atoms with Crippen LogP contribution in [0.5, 0.6) is 0 Å². The Morgan fingerprint density at radius 1 is 1.80 bits per heavy atom. The highest BCUT2D eigenvalue weighted by molar-refractivity contribution is 7.06. The van der Waals surface area contributed by atoms with Gasteiger partial charge in [-0.05, 0) is 4.99 Å². The Morgan fingerprint density at radius 2 is 2.60 bits per heavy atom. The van der Waals surface area contributed by atoms with Crippen molar-refractivity contribution < 1.29 is 9.35 Å². The third kappa shape index (κ3) is 0.767. The number of rotatable bonds is 0. The molecule has 1 N–H and O–H groups in total. The van der Waals surface area contributed by atoms with Crippen molar-refractivity contribution in [2.24, 2.45) is 4.99 Å². The second-order valence-electron chi connectivity index (χ2n) is 2.43. The van der Waals surface area contributed by atoms with E-state index >= 15 is 0 Å². The minimum Gasteiger partial charge on any atom is -0.344 e. The van der Waals surface area contributed by atoms with Gasteiger partial charge in [0.05, 0.1) is 0 Å². The van der Waals surface area contributed by atoms with Crippen molar-refractivity contribution in [3.05, 3.63) is 22.6 Å². The fourth-order valence-electron chi connectivity index (χ4n) is 0.950. The van der Waals surface area contributed by atoms with E-state index in [0.717, 1.165) is 4.80 Å². The van der Waals surface area contributed by atoms with Crippen LogP contribution in [0, 0.1) is 6.21 Å².